The molecule has 2 N–H and O–H groups in total. The monoisotopic (exact) mass is 288 g/mol. The standard InChI is InChI=1S/C13H24N2O3S/c1-2-6-14-11(13(17)18)5-9-19-10-12(16)15-7-3-4-8-15/h11,14H,2-10H2,1H3,(H,17,18). The van der Waals surface area contributed by atoms with E-state index in [0.29, 0.717) is 24.5 Å². The Bertz CT molecular complexity index is 294. The van der Waals surface area contributed by atoms with Gasteiger partial charge in [0.2, 0.25) is 5.91 Å². The Morgan fingerprint density at radius 1 is 1.37 bits per heavy atom. The van der Waals surface area contributed by atoms with E-state index in [4.69, 9.17) is 5.11 Å². The van der Waals surface area contributed by atoms with Gasteiger partial charge >= 0.3 is 5.97 Å². The summed E-state index contributed by atoms with van der Waals surface area (Å²) in [7, 11) is 0. The molecule has 0 spiro atoms. The largest absolute Gasteiger partial charge is 0.480 e. The van der Waals surface area contributed by atoms with Crippen molar-refractivity contribution in [3.8, 4) is 0 Å². The van der Waals surface area contributed by atoms with Gasteiger partial charge in [-0.05, 0) is 38.0 Å². The lowest BCUT2D eigenvalue weighted by Gasteiger charge is -2.16. The van der Waals surface area contributed by atoms with Crippen molar-refractivity contribution < 1.29 is 14.7 Å². The minimum absolute atomic E-state index is 0.191. The van der Waals surface area contributed by atoms with Gasteiger partial charge in [0, 0.05) is 13.1 Å². The molecule has 1 atom stereocenters. The van der Waals surface area contributed by atoms with E-state index in [-0.39, 0.29) is 5.91 Å². The molecule has 1 unspecified atom stereocenters. The Balaban J connectivity index is 2.13. The topological polar surface area (TPSA) is 69.6 Å². The second-order valence-electron chi connectivity index (χ2n) is 4.77. The molecular formula is C13H24N2O3S. The van der Waals surface area contributed by atoms with Crippen molar-refractivity contribution in [1.82, 2.24) is 10.2 Å². The third-order valence-corrected chi connectivity index (χ3v) is 4.15. The van der Waals surface area contributed by atoms with Crippen LogP contribution in [0.4, 0.5) is 0 Å². The first-order valence-electron chi connectivity index (χ1n) is 6.97. The van der Waals surface area contributed by atoms with Crippen molar-refractivity contribution in [2.75, 3.05) is 31.1 Å². The Kier molecular flexibility index (Phi) is 7.90. The number of likely N-dealkylation sites (tertiary alicyclic amines) is 1. The maximum atomic E-state index is 11.8. The predicted octanol–water partition coefficient (Wildman–Crippen LogP) is 1.18. The molecule has 1 fully saturated rings. The number of carboxylic acids is 1. The number of hydrogen-bond acceptors (Lipinski definition) is 4. The molecule has 0 aromatic carbocycles. The van der Waals surface area contributed by atoms with Gasteiger partial charge in [0.15, 0.2) is 0 Å². The molecule has 0 aliphatic carbocycles. The molecule has 110 valence electrons. The van der Waals surface area contributed by atoms with E-state index < -0.39 is 12.0 Å². The zero-order chi connectivity index (χ0) is 14.1. The summed E-state index contributed by atoms with van der Waals surface area (Å²) in [6, 6.07) is -0.491. The first-order chi connectivity index (χ1) is 9.15. The molecule has 1 saturated heterocycles. The average Bonchev–Trinajstić information content (AvgIpc) is 2.91. The smallest absolute Gasteiger partial charge is 0.320 e. The number of thioether (sulfide) groups is 1. The highest BCUT2D eigenvalue weighted by atomic mass is 32.2. The SMILES string of the molecule is CCCNC(CCSCC(=O)N1CCCC1)C(=O)O. The molecule has 0 radical (unpaired) electrons. The number of carboxylic acid groups (broad SMARTS) is 1. The van der Waals surface area contributed by atoms with Crippen LogP contribution in [0.3, 0.4) is 0 Å². The summed E-state index contributed by atoms with van der Waals surface area (Å²) in [5, 5.41) is 12.0. The van der Waals surface area contributed by atoms with E-state index in [2.05, 4.69) is 5.32 Å². The average molecular weight is 288 g/mol. The summed E-state index contributed by atoms with van der Waals surface area (Å²) in [5.41, 5.74) is 0. The Labute approximate surface area is 119 Å². The van der Waals surface area contributed by atoms with Gasteiger partial charge in [-0.3, -0.25) is 9.59 Å². The third kappa shape index (κ3) is 6.29. The third-order valence-electron chi connectivity index (χ3n) is 3.17. The van der Waals surface area contributed by atoms with Gasteiger partial charge in [-0.1, -0.05) is 6.92 Å². The highest BCUT2D eigenvalue weighted by molar-refractivity contribution is 7.99. The van der Waals surface area contributed by atoms with Gasteiger partial charge in [0.1, 0.15) is 6.04 Å². The van der Waals surface area contributed by atoms with Crippen molar-refractivity contribution in [1.29, 1.82) is 0 Å². The first kappa shape index (κ1) is 16.3. The van der Waals surface area contributed by atoms with Crippen LogP contribution in [0.2, 0.25) is 0 Å². The number of hydrogen-bond donors (Lipinski definition) is 2. The molecule has 0 saturated carbocycles. The molecule has 0 aromatic rings. The van der Waals surface area contributed by atoms with Crippen molar-refractivity contribution in [3.63, 3.8) is 0 Å². The molecule has 1 amide bonds. The van der Waals surface area contributed by atoms with E-state index in [0.717, 1.165) is 32.4 Å². The molecule has 1 rings (SSSR count). The van der Waals surface area contributed by atoms with E-state index in [1.54, 1.807) is 0 Å². The van der Waals surface area contributed by atoms with Crippen LogP contribution in [-0.2, 0) is 9.59 Å². The van der Waals surface area contributed by atoms with Crippen molar-refractivity contribution in [2.24, 2.45) is 0 Å². The van der Waals surface area contributed by atoms with E-state index in [1.807, 2.05) is 11.8 Å². The number of nitrogens with zero attached hydrogens (tertiary/aromatic N) is 1. The van der Waals surface area contributed by atoms with E-state index >= 15 is 0 Å². The summed E-state index contributed by atoms with van der Waals surface area (Å²) in [5.74, 6) is 0.559. The minimum Gasteiger partial charge on any atom is -0.480 e. The molecular weight excluding hydrogens is 264 g/mol. The summed E-state index contributed by atoms with van der Waals surface area (Å²) in [4.78, 5) is 24.7. The second kappa shape index (κ2) is 9.20. The van der Waals surface area contributed by atoms with Crippen LogP contribution in [-0.4, -0.2) is 59.1 Å². The normalized spacial score (nSPS) is 16.6. The lowest BCUT2D eigenvalue weighted by Crippen LogP contribution is -2.37. The number of carbonyl (C=O) groups is 2. The van der Waals surface area contributed by atoms with Gasteiger partial charge in [-0.15, -0.1) is 0 Å². The van der Waals surface area contributed by atoms with Gasteiger partial charge in [-0.2, -0.15) is 11.8 Å². The molecule has 1 aliphatic rings. The minimum atomic E-state index is -0.806. The molecule has 5 nitrogen and oxygen atoms in total. The molecule has 0 bridgehead atoms. The fraction of sp³-hybridized carbons (Fsp3) is 0.846. The molecule has 1 aliphatic heterocycles. The Morgan fingerprint density at radius 2 is 2.05 bits per heavy atom. The van der Waals surface area contributed by atoms with Crippen LogP contribution >= 0.6 is 11.8 Å². The van der Waals surface area contributed by atoms with Crippen LogP contribution < -0.4 is 5.32 Å². The Morgan fingerprint density at radius 3 is 2.63 bits per heavy atom. The summed E-state index contributed by atoms with van der Waals surface area (Å²) >= 11 is 1.53. The molecule has 6 heteroatoms. The zero-order valence-corrected chi connectivity index (χ0v) is 12.4. The fourth-order valence-electron chi connectivity index (χ4n) is 2.05. The Hall–Kier alpha value is -0.750. The van der Waals surface area contributed by atoms with Crippen molar-refractivity contribution in [2.45, 2.75) is 38.6 Å². The molecule has 1 heterocycles. The lowest BCUT2D eigenvalue weighted by molar-refractivity contribution is -0.139. The number of amides is 1. The quantitative estimate of drug-likeness (QED) is 0.624. The van der Waals surface area contributed by atoms with E-state index in [1.165, 1.54) is 11.8 Å². The molecule has 0 aromatic heterocycles. The van der Waals surface area contributed by atoms with Crippen molar-refractivity contribution in [3.05, 3.63) is 0 Å². The van der Waals surface area contributed by atoms with Crippen LogP contribution in [0.25, 0.3) is 0 Å². The van der Waals surface area contributed by atoms with Crippen molar-refractivity contribution >= 4 is 23.6 Å². The highest BCUT2D eigenvalue weighted by Gasteiger charge is 2.19. The van der Waals surface area contributed by atoms with Gasteiger partial charge < -0.3 is 15.3 Å². The summed E-state index contributed by atoms with van der Waals surface area (Å²) in [6.45, 7) is 4.49. The van der Waals surface area contributed by atoms with E-state index in [9.17, 15) is 9.59 Å². The summed E-state index contributed by atoms with van der Waals surface area (Å²) in [6.07, 6.45) is 3.70. The van der Waals surface area contributed by atoms with Crippen LogP contribution in [0.1, 0.15) is 32.6 Å². The maximum absolute atomic E-state index is 11.8. The predicted molar refractivity (Wildman–Crippen MR) is 77.5 cm³/mol. The van der Waals surface area contributed by atoms with Gasteiger partial charge in [0.05, 0.1) is 5.75 Å². The van der Waals surface area contributed by atoms with Gasteiger partial charge in [0.25, 0.3) is 0 Å². The summed E-state index contributed by atoms with van der Waals surface area (Å²) < 4.78 is 0. The maximum Gasteiger partial charge on any atom is 0.320 e. The van der Waals surface area contributed by atoms with Crippen LogP contribution in [0, 0.1) is 0 Å². The lowest BCUT2D eigenvalue weighted by atomic mass is 10.2. The van der Waals surface area contributed by atoms with Crippen LogP contribution in [0.15, 0.2) is 0 Å². The number of carbonyl (C=O) groups excluding carboxylic acids is 1. The van der Waals surface area contributed by atoms with Gasteiger partial charge in [-0.25, -0.2) is 0 Å². The fourth-order valence-corrected chi connectivity index (χ4v) is 2.95. The number of nitrogens with one attached hydrogen (secondary N) is 1. The second-order valence-corrected chi connectivity index (χ2v) is 5.88. The number of rotatable bonds is 9. The first-order valence-corrected chi connectivity index (χ1v) is 8.12. The zero-order valence-electron chi connectivity index (χ0n) is 11.6. The molecule has 19 heavy (non-hydrogen) atoms. The van der Waals surface area contributed by atoms with Crippen LogP contribution in [0.5, 0.6) is 0 Å². The highest BCUT2D eigenvalue weighted by Crippen LogP contribution is 2.12. The number of aliphatic carboxylic acids is 1.